The van der Waals surface area contributed by atoms with E-state index in [9.17, 15) is 9.65 Å². The van der Waals surface area contributed by atoms with Crippen molar-refractivity contribution in [2.45, 2.75) is 6.04 Å². The fourth-order valence-electron chi connectivity index (χ4n) is 1.92. The highest BCUT2D eigenvalue weighted by atomic mass is 19.1. The molecule has 2 rings (SSSR count). The monoisotopic (exact) mass is 286 g/mol. The highest BCUT2D eigenvalue weighted by Crippen LogP contribution is 2.28. The lowest BCUT2D eigenvalue weighted by Crippen LogP contribution is -2.10. The van der Waals surface area contributed by atoms with Gasteiger partial charge in [-0.3, -0.25) is 0 Å². The van der Waals surface area contributed by atoms with Crippen LogP contribution in [0.25, 0.3) is 0 Å². The van der Waals surface area contributed by atoms with Crippen molar-refractivity contribution in [1.29, 1.82) is 5.26 Å². The maximum absolute atomic E-state index is 13.7. The Morgan fingerprint density at radius 1 is 1.10 bits per heavy atom. The SMILES string of the molecule is COc1cc(OC)cc(C(C#N)Nc2ccccc2F)c1. The molecule has 0 bridgehead atoms. The van der Waals surface area contributed by atoms with Crippen LogP contribution in [0.4, 0.5) is 10.1 Å². The van der Waals surface area contributed by atoms with Crippen LogP contribution < -0.4 is 14.8 Å². The predicted octanol–water partition coefficient (Wildman–Crippen LogP) is 3.52. The number of hydrogen-bond acceptors (Lipinski definition) is 4. The van der Waals surface area contributed by atoms with Crippen LogP contribution in [0.5, 0.6) is 11.5 Å². The van der Waals surface area contributed by atoms with Gasteiger partial charge < -0.3 is 14.8 Å². The van der Waals surface area contributed by atoms with Crippen LogP contribution in [0.2, 0.25) is 0 Å². The third kappa shape index (κ3) is 3.42. The van der Waals surface area contributed by atoms with E-state index in [2.05, 4.69) is 11.4 Å². The molecule has 0 fully saturated rings. The van der Waals surface area contributed by atoms with Gasteiger partial charge in [-0.1, -0.05) is 12.1 Å². The van der Waals surface area contributed by atoms with Gasteiger partial charge in [-0.25, -0.2) is 4.39 Å². The summed E-state index contributed by atoms with van der Waals surface area (Å²) in [5.74, 6) is 0.729. The summed E-state index contributed by atoms with van der Waals surface area (Å²) in [5, 5.41) is 12.2. The predicted molar refractivity (Wildman–Crippen MR) is 77.9 cm³/mol. The first kappa shape index (κ1) is 14.7. The molecule has 0 radical (unpaired) electrons. The number of nitrogens with zero attached hydrogens (tertiary/aromatic N) is 1. The zero-order valence-electron chi connectivity index (χ0n) is 11.8. The number of halogens is 1. The Morgan fingerprint density at radius 3 is 2.24 bits per heavy atom. The van der Waals surface area contributed by atoms with Crippen molar-refractivity contribution in [3.05, 3.63) is 53.8 Å². The van der Waals surface area contributed by atoms with Gasteiger partial charge in [0.1, 0.15) is 23.4 Å². The van der Waals surface area contributed by atoms with Crippen LogP contribution in [-0.4, -0.2) is 14.2 Å². The molecule has 1 N–H and O–H groups in total. The van der Waals surface area contributed by atoms with Gasteiger partial charge in [-0.05, 0) is 29.8 Å². The molecule has 0 spiro atoms. The molecule has 0 heterocycles. The Kier molecular flexibility index (Phi) is 4.62. The summed E-state index contributed by atoms with van der Waals surface area (Å²) in [6.07, 6.45) is 0. The van der Waals surface area contributed by atoms with E-state index < -0.39 is 11.9 Å². The van der Waals surface area contributed by atoms with E-state index in [0.29, 0.717) is 17.1 Å². The van der Waals surface area contributed by atoms with Crippen LogP contribution in [0.3, 0.4) is 0 Å². The molecule has 0 saturated carbocycles. The second-order valence-corrected chi connectivity index (χ2v) is 4.33. The van der Waals surface area contributed by atoms with Crippen LogP contribution in [-0.2, 0) is 0 Å². The number of rotatable bonds is 5. The maximum atomic E-state index is 13.7. The Bertz CT molecular complexity index is 645. The van der Waals surface area contributed by atoms with Gasteiger partial charge in [0.2, 0.25) is 0 Å². The summed E-state index contributed by atoms with van der Waals surface area (Å²) < 4.78 is 24.0. The second-order valence-electron chi connectivity index (χ2n) is 4.33. The molecule has 5 heteroatoms. The summed E-state index contributed by atoms with van der Waals surface area (Å²) in [5.41, 5.74) is 0.905. The quantitative estimate of drug-likeness (QED) is 0.913. The lowest BCUT2D eigenvalue weighted by Gasteiger charge is -2.16. The van der Waals surface area contributed by atoms with Gasteiger partial charge in [0.25, 0.3) is 0 Å². The summed E-state index contributed by atoms with van der Waals surface area (Å²) in [4.78, 5) is 0. The van der Waals surface area contributed by atoms with Crippen molar-refractivity contribution in [2.24, 2.45) is 0 Å². The van der Waals surface area contributed by atoms with E-state index in [-0.39, 0.29) is 5.69 Å². The molecule has 0 saturated heterocycles. The smallest absolute Gasteiger partial charge is 0.146 e. The van der Waals surface area contributed by atoms with Crippen LogP contribution in [0.15, 0.2) is 42.5 Å². The first-order chi connectivity index (χ1) is 10.2. The highest BCUT2D eigenvalue weighted by molar-refractivity contribution is 5.50. The third-order valence-electron chi connectivity index (χ3n) is 3.01. The third-order valence-corrected chi connectivity index (χ3v) is 3.01. The number of anilines is 1. The number of nitriles is 1. The van der Waals surface area contributed by atoms with Crippen molar-refractivity contribution < 1.29 is 13.9 Å². The van der Waals surface area contributed by atoms with Gasteiger partial charge in [-0.2, -0.15) is 5.26 Å². The molecule has 0 aliphatic rings. The van der Waals surface area contributed by atoms with Gasteiger partial charge in [0, 0.05) is 6.07 Å². The summed E-state index contributed by atoms with van der Waals surface area (Å²) in [6, 6.07) is 12.7. The average molecular weight is 286 g/mol. The van der Waals surface area contributed by atoms with Crippen LogP contribution in [0, 0.1) is 17.1 Å². The molecule has 4 nitrogen and oxygen atoms in total. The van der Waals surface area contributed by atoms with Gasteiger partial charge in [-0.15, -0.1) is 0 Å². The summed E-state index contributed by atoms with van der Waals surface area (Å²) in [6.45, 7) is 0. The normalized spacial score (nSPS) is 11.3. The van der Waals surface area contributed by atoms with Gasteiger partial charge in [0.15, 0.2) is 0 Å². The number of benzene rings is 2. The topological polar surface area (TPSA) is 54.3 Å². The molecular weight excluding hydrogens is 271 g/mol. The van der Waals surface area contributed by atoms with E-state index in [1.54, 1.807) is 36.4 Å². The fourth-order valence-corrected chi connectivity index (χ4v) is 1.92. The first-order valence-electron chi connectivity index (χ1n) is 6.31. The highest BCUT2D eigenvalue weighted by Gasteiger charge is 2.15. The van der Waals surface area contributed by atoms with Crippen molar-refractivity contribution >= 4 is 5.69 Å². The summed E-state index contributed by atoms with van der Waals surface area (Å²) >= 11 is 0. The zero-order chi connectivity index (χ0) is 15.2. The molecule has 2 aromatic carbocycles. The van der Waals surface area contributed by atoms with E-state index >= 15 is 0 Å². The van der Waals surface area contributed by atoms with E-state index in [1.165, 1.54) is 20.3 Å². The van der Waals surface area contributed by atoms with Crippen molar-refractivity contribution in [2.75, 3.05) is 19.5 Å². The Morgan fingerprint density at radius 2 is 1.71 bits per heavy atom. The molecule has 1 unspecified atom stereocenters. The molecule has 2 aromatic rings. The molecule has 0 amide bonds. The fraction of sp³-hybridized carbons (Fsp3) is 0.188. The van der Waals surface area contributed by atoms with E-state index in [0.717, 1.165) is 0 Å². The summed E-state index contributed by atoms with van der Waals surface area (Å²) in [7, 11) is 3.06. The molecule has 0 aliphatic heterocycles. The molecule has 108 valence electrons. The van der Waals surface area contributed by atoms with Crippen LogP contribution in [0.1, 0.15) is 11.6 Å². The average Bonchev–Trinajstić information content (AvgIpc) is 2.53. The minimum atomic E-state index is -0.717. The van der Waals surface area contributed by atoms with E-state index in [1.807, 2.05) is 0 Å². The first-order valence-corrected chi connectivity index (χ1v) is 6.31. The Labute approximate surface area is 122 Å². The maximum Gasteiger partial charge on any atom is 0.146 e. The van der Waals surface area contributed by atoms with Crippen molar-refractivity contribution in [3.63, 3.8) is 0 Å². The standard InChI is InChI=1S/C16H15FN2O2/c1-20-12-7-11(8-13(9-12)21-2)16(10-18)19-15-6-4-3-5-14(15)17/h3-9,16,19H,1-2H3. The molecule has 1 atom stereocenters. The van der Waals surface area contributed by atoms with Crippen molar-refractivity contribution in [1.82, 2.24) is 0 Å². The number of hydrogen-bond donors (Lipinski definition) is 1. The Hall–Kier alpha value is -2.74. The Balaban J connectivity index is 2.34. The lowest BCUT2D eigenvalue weighted by atomic mass is 10.1. The molecule has 21 heavy (non-hydrogen) atoms. The number of ether oxygens (including phenoxy) is 2. The largest absolute Gasteiger partial charge is 0.497 e. The number of nitrogens with one attached hydrogen (secondary N) is 1. The molecular formula is C16H15FN2O2. The molecule has 0 aromatic heterocycles. The minimum Gasteiger partial charge on any atom is -0.497 e. The second kappa shape index (κ2) is 6.62. The van der Waals surface area contributed by atoms with Gasteiger partial charge >= 0.3 is 0 Å². The van der Waals surface area contributed by atoms with Crippen LogP contribution >= 0.6 is 0 Å². The number of methoxy groups -OCH3 is 2. The van der Waals surface area contributed by atoms with Crippen molar-refractivity contribution in [3.8, 4) is 17.6 Å². The van der Waals surface area contributed by atoms with E-state index in [4.69, 9.17) is 9.47 Å². The minimum absolute atomic E-state index is 0.269. The molecule has 0 aliphatic carbocycles. The van der Waals surface area contributed by atoms with Gasteiger partial charge in [0.05, 0.1) is 26.0 Å². The lowest BCUT2D eigenvalue weighted by molar-refractivity contribution is 0.393. The number of para-hydroxylation sites is 1. The zero-order valence-corrected chi connectivity index (χ0v) is 11.8.